The van der Waals surface area contributed by atoms with Gasteiger partial charge in [-0.25, -0.2) is 9.97 Å². The van der Waals surface area contributed by atoms with Gasteiger partial charge in [0.25, 0.3) is 0 Å². The molecular weight excluding hydrogens is 264 g/mol. The van der Waals surface area contributed by atoms with Crippen molar-refractivity contribution in [1.82, 2.24) is 9.97 Å². The average molecular weight is 276 g/mol. The summed E-state index contributed by atoms with van der Waals surface area (Å²) in [6.45, 7) is 0. The first-order valence-corrected chi connectivity index (χ1v) is 6.86. The zero-order chi connectivity index (χ0) is 13.0. The maximum Gasteiger partial charge on any atom is 0.159 e. The van der Waals surface area contributed by atoms with E-state index in [9.17, 15) is 0 Å². The van der Waals surface area contributed by atoms with Crippen LogP contribution in [0.4, 0.5) is 11.5 Å². The number of thioether (sulfide) groups is 1. The quantitative estimate of drug-likeness (QED) is 0.661. The summed E-state index contributed by atoms with van der Waals surface area (Å²) in [7, 11) is 0. The van der Waals surface area contributed by atoms with E-state index in [1.807, 2.05) is 30.5 Å². The lowest BCUT2D eigenvalue weighted by Crippen LogP contribution is -2.14. The smallest absolute Gasteiger partial charge is 0.159 e. The second-order valence-electron chi connectivity index (χ2n) is 3.47. The van der Waals surface area contributed by atoms with Gasteiger partial charge in [-0.1, -0.05) is 18.3 Å². The predicted molar refractivity (Wildman–Crippen MR) is 79.4 cm³/mol. The zero-order valence-electron chi connectivity index (χ0n) is 9.75. The molecule has 0 aliphatic rings. The molecular formula is C12H12N4S2. The van der Waals surface area contributed by atoms with Crippen molar-refractivity contribution in [2.24, 2.45) is 5.73 Å². The van der Waals surface area contributed by atoms with Crippen molar-refractivity contribution in [2.45, 2.75) is 4.90 Å². The molecule has 2 rings (SSSR count). The highest BCUT2D eigenvalue weighted by Gasteiger charge is 2.07. The number of nitrogens with zero attached hydrogens (tertiary/aromatic N) is 2. The first kappa shape index (κ1) is 12.8. The largest absolute Gasteiger partial charge is 0.388 e. The number of hydrogen-bond acceptors (Lipinski definition) is 5. The Morgan fingerprint density at radius 1 is 1.33 bits per heavy atom. The molecule has 0 spiro atoms. The fourth-order valence-corrected chi connectivity index (χ4v) is 2.06. The summed E-state index contributed by atoms with van der Waals surface area (Å²) < 4.78 is 0. The molecule has 3 N–H and O–H groups in total. The number of thiocarbonyl (C=S) groups is 1. The highest BCUT2D eigenvalue weighted by Crippen LogP contribution is 2.22. The van der Waals surface area contributed by atoms with Crippen LogP contribution in [0.3, 0.4) is 0 Å². The van der Waals surface area contributed by atoms with Gasteiger partial charge in [-0.3, -0.25) is 0 Å². The van der Waals surface area contributed by atoms with Gasteiger partial charge in [0.1, 0.15) is 10.7 Å². The van der Waals surface area contributed by atoms with Crippen molar-refractivity contribution in [3.8, 4) is 0 Å². The predicted octanol–water partition coefficient (Wildman–Crippen LogP) is 2.58. The molecule has 0 aliphatic carbocycles. The molecule has 0 fully saturated rings. The van der Waals surface area contributed by atoms with Crippen LogP contribution >= 0.6 is 24.0 Å². The van der Waals surface area contributed by atoms with Crippen molar-refractivity contribution in [3.05, 3.63) is 42.4 Å². The molecule has 2 aromatic rings. The van der Waals surface area contributed by atoms with E-state index in [4.69, 9.17) is 18.0 Å². The van der Waals surface area contributed by atoms with Crippen LogP contribution in [-0.4, -0.2) is 21.2 Å². The molecule has 0 bridgehead atoms. The summed E-state index contributed by atoms with van der Waals surface area (Å²) >= 11 is 6.62. The van der Waals surface area contributed by atoms with Crippen LogP contribution in [0.15, 0.2) is 41.6 Å². The maximum atomic E-state index is 5.61. The van der Waals surface area contributed by atoms with Gasteiger partial charge < -0.3 is 11.1 Å². The van der Waals surface area contributed by atoms with Crippen molar-refractivity contribution >= 4 is 40.5 Å². The Morgan fingerprint density at radius 2 is 2.11 bits per heavy atom. The lowest BCUT2D eigenvalue weighted by Gasteiger charge is -2.09. The number of nitrogens with one attached hydrogen (secondary N) is 1. The molecule has 6 heteroatoms. The number of aromatic nitrogens is 2. The van der Waals surface area contributed by atoms with Gasteiger partial charge in [-0.15, -0.1) is 11.8 Å². The summed E-state index contributed by atoms with van der Waals surface area (Å²) in [6.07, 6.45) is 5.20. The second-order valence-corrected chi connectivity index (χ2v) is 4.79. The normalized spacial score (nSPS) is 10.1. The van der Waals surface area contributed by atoms with Gasteiger partial charge in [-0.05, 0) is 24.5 Å². The molecule has 0 saturated carbocycles. The molecule has 1 aromatic heterocycles. The third kappa shape index (κ3) is 2.96. The van der Waals surface area contributed by atoms with Crippen molar-refractivity contribution in [3.63, 3.8) is 0 Å². The van der Waals surface area contributed by atoms with Crippen molar-refractivity contribution in [1.29, 1.82) is 0 Å². The highest BCUT2D eigenvalue weighted by molar-refractivity contribution is 7.98. The van der Waals surface area contributed by atoms with Crippen LogP contribution < -0.4 is 11.1 Å². The molecule has 0 saturated heterocycles. The van der Waals surface area contributed by atoms with Crippen molar-refractivity contribution < 1.29 is 0 Å². The summed E-state index contributed by atoms with van der Waals surface area (Å²) in [5.74, 6) is 0.572. The van der Waals surface area contributed by atoms with Gasteiger partial charge in [0.2, 0.25) is 0 Å². The Kier molecular flexibility index (Phi) is 4.11. The Morgan fingerprint density at radius 3 is 2.83 bits per heavy atom. The third-order valence-corrected chi connectivity index (χ3v) is 3.18. The van der Waals surface area contributed by atoms with Crippen LogP contribution in [0.5, 0.6) is 0 Å². The third-order valence-electron chi connectivity index (χ3n) is 2.26. The molecule has 0 amide bonds. The fraction of sp³-hybridized carbons (Fsp3) is 0.0833. The first-order chi connectivity index (χ1) is 8.70. The van der Waals surface area contributed by atoms with Gasteiger partial charge in [0.15, 0.2) is 5.82 Å². The van der Waals surface area contributed by atoms with Gasteiger partial charge >= 0.3 is 0 Å². The molecule has 0 radical (unpaired) electrons. The molecule has 0 atom stereocenters. The number of benzene rings is 1. The van der Waals surface area contributed by atoms with Gasteiger partial charge in [-0.2, -0.15) is 0 Å². The van der Waals surface area contributed by atoms with E-state index in [1.54, 1.807) is 24.2 Å². The van der Waals surface area contributed by atoms with Gasteiger partial charge in [0, 0.05) is 23.0 Å². The Labute approximate surface area is 115 Å². The van der Waals surface area contributed by atoms with Crippen LogP contribution in [-0.2, 0) is 0 Å². The molecule has 1 aromatic carbocycles. The molecule has 1 heterocycles. The van der Waals surface area contributed by atoms with Crippen LogP contribution in [0, 0.1) is 0 Å². The summed E-state index contributed by atoms with van der Waals surface area (Å²) in [4.78, 5) is 9.72. The number of rotatable bonds is 4. The lowest BCUT2D eigenvalue weighted by atomic mass is 10.3. The van der Waals surface area contributed by atoms with Crippen LogP contribution in [0.2, 0.25) is 0 Å². The van der Waals surface area contributed by atoms with Crippen molar-refractivity contribution in [2.75, 3.05) is 11.6 Å². The minimum absolute atomic E-state index is 0.228. The Hall–Kier alpha value is -1.66. The molecule has 92 valence electrons. The molecule has 4 nitrogen and oxygen atoms in total. The minimum atomic E-state index is 0.228. The van der Waals surface area contributed by atoms with E-state index < -0.39 is 0 Å². The van der Waals surface area contributed by atoms with Crippen LogP contribution in [0.25, 0.3) is 0 Å². The summed E-state index contributed by atoms with van der Waals surface area (Å²) in [5.41, 5.74) is 7.04. The molecule has 18 heavy (non-hydrogen) atoms. The Balaban J connectivity index is 2.31. The number of nitrogens with two attached hydrogens (primary N) is 1. The molecule has 0 aliphatic heterocycles. The number of anilines is 2. The topological polar surface area (TPSA) is 63.8 Å². The standard InChI is InChI=1S/C12H12N4S2/c1-18-9-4-2-3-8(7-9)16-12-10(11(13)17)14-5-6-15-12/h2-7H,1H3,(H2,13,17)(H,15,16). The van der Waals surface area contributed by atoms with E-state index in [-0.39, 0.29) is 4.99 Å². The summed E-state index contributed by atoms with van der Waals surface area (Å²) in [6, 6.07) is 8.01. The highest BCUT2D eigenvalue weighted by atomic mass is 32.2. The monoisotopic (exact) mass is 276 g/mol. The molecule has 0 unspecified atom stereocenters. The minimum Gasteiger partial charge on any atom is -0.388 e. The number of hydrogen-bond donors (Lipinski definition) is 2. The SMILES string of the molecule is CSc1cccc(Nc2nccnc2C(N)=S)c1. The first-order valence-electron chi connectivity index (χ1n) is 5.22. The van der Waals surface area contributed by atoms with E-state index in [2.05, 4.69) is 15.3 Å². The Bertz CT molecular complexity index is 572. The van der Waals surface area contributed by atoms with E-state index >= 15 is 0 Å². The van der Waals surface area contributed by atoms with E-state index in [0.717, 1.165) is 5.69 Å². The zero-order valence-corrected chi connectivity index (χ0v) is 11.4. The van der Waals surface area contributed by atoms with E-state index in [1.165, 1.54) is 4.90 Å². The van der Waals surface area contributed by atoms with E-state index in [0.29, 0.717) is 11.5 Å². The lowest BCUT2D eigenvalue weighted by molar-refractivity contribution is 1.18. The maximum absolute atomic E-state index is 5.61. The van der Waals surface area contributed by atoms with Crippen LogP contribution in [0.1, 0.15) is 5.69 Å². The van der Waals surface area contributed by atoms with Gasteiger partial charge in [0.05, 0.1) is 0 Å². The average Bonchev–Trinajstić information content (AvgIpc) is 2.39. The summed E-state index contributed by atoms with van der Waals surface area (Å²) in [5, 5.41) is 3.17. The second kappa shape index (κ2) is 5.79. The fourth-order valence-electron chi connectivity index (χ4n) is 1.45.